The van der Waals surface area contributed by atoms with Crippen LogP contribution in [0, 0.1) is 0 Å². The average molecular weight is 213 g/mol. The molecule has 0 aromatic heterocycles. The molecule has 15 heavy (non-hydrogen) atoms. The zero-order valence-corrected chi connectivity index (χ0v) is 9.45. The summed E-state index contributed by atoms with van der Waals surface area (Å²) in [5.41, 5.74) is 0. The van der Waals surface area contributed by atoms with Gasteiger partial charge in [0, 0.05) is 13.6 Å². The Hall–Kier alpha value is -1.39. The van der Waals surface area contributed by atoms with E-state index in [1.165, 1.54) is 0 Å². The third kappa shape index (κ3) is 7.66. The van der Waals surface area contributed by atoms with Crippen molar-refractivity contribution in [2.75, 3.05) is 20.2 Å². The summed E-state index contributed by atoms with van der Waals surface area (Å²) in [4.78, 5) is 18.5. The van der Waals surface area contributed by atoms with Crippen LogP contribution in [-0.2, 0) is 9.53 Å². The molecular formula is C10H19N3O2. The molecule has 0 rings (SSSR count). The number of carbonyl (C=O) groups is 1. The standard InChI is InChI=1S/C10H19N3O2/c1-4-5-8-15-9(14)6-7-13-10(11-2)12-3/h2,4-8H2,1,3H3,(H,12,13). The SMILES string of the molecule is C=N/C(=N\C)NCCC(=O)OCCCC. The fraction of sp³-hybridized carbons (Fsp3) is 0.700. The number of aliphatic imine (C=N–C) groups is 2. The van der Waals surface area contributed by atoms with Crippen LogP contribution in [0.5, 0.6) is 0 Å². The summed E-state index contributed by atoms with van der Waals surface area (Å²) >= 11 is 0. The molecule has 0 unspecified atom stereocenters. The second-order valence-electron chi connectivity index (χ2n) is 2.96. The maximum Gasteiger partial charge on any atom is 0.307 e. The molecule has 0 spiro atoms. The Kier molecular flexibility index (Phi) is 8.33. The number of hydrogen-bond donors (Lipinski definition) is 1. The average Bonchev–Trinajstić information content (AvgIpc) is 2.25. The first-order valence-corrected chi connectivity index (χ1v) is 5.07. The Morgan fingerprint density at radius 3 is 2.80 bits per heavy atom. The molecule has 0 aliphatic carbocycles. The van der Waals surface area contributed by atoms with Crippen molar-refractivity contribution in [2.24, 2.45) is 9.98 Å². The lowest BCUT2D eigenvalue weighted by molar-refractivity contribution is -0.143. The highest BCUT2D eigenvalue weighted by Crippen LogP contribution is 1.91. The van der Waals surface area contributed by atoms with E-state index in [9.17, 15) is 4.79 Å². The van der Waals surface area contributed by atoms with Crippen molar-refractivity contribution in [3.8, 4) is 0 Å². The second-order valence-corrected chi connectivity index (χ2v) is 2.96. The van der Waals surface area contributed by atoms with Crippen LogP contribution in [0.25, 0.3) is 0 Å². The molecule has 0 saturated carbocycles. The second kappa shape index (κ2) is 9.18. The molecule has 0 aromatic rings. The maximum absolute atomic E-state index is 11.1. The minimum Gasteiger partial charge on any atom is -0.466 e. The van der Waals surface area contributed by atoms with Crippen molar-refractivity contribution >= 4 is 18.6 Å². The number of hydrogen-bond acceptors (Lipinski definition) is 3. The highest BCUT2D eigenvalue weighted by molar-refractivity contribution is 5.84. The third-order valence-electron chi connectivity index (χ3n) is 1.73. The third-order valence-corrected chi connectivity index (χ3v) is 1.73. The van der Waals surface area contributed by atoms with Crippen LogP contribution < -0.4 is 5.32 Å². The lowest BCUT2D eigenvalue weighted by atomic mass is 10.3. The van der Waals surface area contributed by atoms with Gasteiger partial charge in [0.1, 0.15) is 0 Å². The molecule has 0 aliphatic heterocycles. The highest BCUT2D eigenvalue weighted by atomic mass is 16.5. The number of carbonyl (C=O) groups excluding carboxylic acids is 1. The maximum atomic E-state index is 11.1. The van der Waals surface area contributed by atoms with E-state index in [1.54, 1.807) is 7.05 Å². The van der Waals surface area contributed by atoms with Crippen molar-refractivity contribution in [2.45, 2.75) is 26.2 Å². The van der Waals surface area contributed by atoms with Crippen molar-refractivity contribution in [3.05, 3.63) is 0 Å². The molecule has 0 amide bonds. The molecule has 1 N–H and O–H groups in total. The van der Waals surface area contributed by atoms with Crippen LogP contribution in [0.4, 0.5) is 0 Å². The van der Waals surface area contributed by atoms with E-state index in [0.717, 1.165) is 12.8 Å². The van der Waals surface area contributed by atoms with Crippen LogP contribution in [0.1, 0.15) is 26.2 Å². The van der Waals surface area contributed by atoms with Crippen LogP contribution in [0.3, 0.4) is 0 Å². The number of nitrogens with zero attached hydrogens (tertiary/aromatic N) is 2. The van der Waals surface area contributed by atoms with Gasteiger partial charge in [-0.3, -0.25) is 9.79 Å². The largest absolute Gasteiger partial charge is 0.466 e. The van der Waals surface area contributed by atoms with E-state index in [2.05, 4.69) is 28.9 Å². The highest BCUT2D eigenvalue weighted by Gasteiger charge is 2.02. The predicted octanol–water partition coefficient (Wildman–Crippen LogP) is 0.996. The van der Waals surface area contributed by atoms with E-state index in [0.29, 0.717) is 25.5 Å². The Balaban J connectivity index is 3.50. The first-order chi connectivity index (χ1) is 7.24. The first kappa shape index (κ1) is 13.6. The van der Waals surface area contributed by atoms with Crippen LogP contribution >= 0.6 is 0 Å². The molecule has 0 bridgehead atoms. The molecule has 0 saturated heterocycles. The van der Waals surface area contributed by atoms with Gasteiger partial charge in [0.05, 0.1) is 13.0 Å². The lowest BCUT2D eigenvalue weighted by Crippen LogP contribution is -2.25. The molecule has 0 fully saturated rings. The Labute approximate surface area is 90.6 Å². The first-order valence-electron chi connectivity index (χ1n) is 5.07. The molecule has 5 nitrogen and oxygen atoms in total. The zero-order chi connectivity index (χ0) is 11.5. The molecular weight excluding hydrogens is 194 g/mol. The van der Waals surface area contributed by atoms with Crippen molar-refractivity contribution in [1.82, 2.24) is 5.32 Å². The number of esters is 1. The quantitative estimate of drug-likeness (QED) is 0.310. The monoisotopic (exact) mass is 213 g/mol. The number of ether oxygens (including phenoxy) is 1. The zero-order valence-electron chi connectivity index (χ0n) is 9.45. The number of unbranched alkanes of at least 4 members (excludes halogenated alkanes) is 1. The van der Waals surface area contributed by atoms with Crippen LogP contribution in [0.15, 0.2) is 9.98 Å². The lowest BCUT2D eigenvalue weighted by Gasteiger charge is -2.05. The summed E-state index contributed by atoms with van der Waals surface area (Å²) in [5, 5.41) is 2.86. The van der Waals surface area contributed by atoms with Gasteiger partial charge < -0.3 is 10.1 Å². The summed E-state index contributed by atoms with van der Waals surface area (Å²) in [5.74, 6) is 0.242. The van der Waals surface area contributed by atoms with Gasteiger partial charge in [0.2, 0.25) is 5.96 Å². The Morgan fingerprint density at radius 2 is 2.27 bits per heavy atom. The van der Waals surface area contributed by atoms with Gasteiger partial charge in [0.25, 0.3) is 0 Å². The van der Waals surface area contributed by atoms with Gasteiger partial charge in [-0.1, -0.05) is 13.3 Å². The summed E-state index contributed by atoms with van der Waals surface area (Å²) in [6.07, 6.45) is 2.26. The van der Waals surface area contributed by atoms with Crippen LogP contribution in [0.2, 0.25) is 0 Å². The molecule has 0 aromatic carbocycles. The normalized spacial score (nSPS) is 10.9. The van der Waals surface area contributed by atoms with Crippen molar-refractivity contribution < 1.29 is 9.53 Å². The number of nitrogens with one attached hydrogen (secondary N) is 1. The van der Waals surface area contributed by atoms with Gasteiger partial charge in [-0.15, -0.1) is 0 Å². The minimum absolute atomic E-state index is 0.199. The van der Waals surface area contributed by atoms with Crippen molar-refractivity contribution in [3.63, 3.8) is 0 Å². The van der Waals surface area contributed by atoms with Gasteiger partial charge in [-0.2, -0.15) is 0 Å². The van der Waals surface area contributed by atoms with Gasteiger partial charge >= 0.3 is 5.97 Å². The molecule has 5 heteroatoms. The summed E-state index contributed by atoms with van der Waals surface area (Å²) in [6.45, 7) is 6.35. The number of rotatable bonds is 6. The Bertz CT molecular complexity index is 227. The smallest absolute Gasteiger partial charge is 0.307 e. The fourth-order valence-electron chi connectivity index (χ4n) is 0.885. The van der Waals surface area contributed by atoms with Gasteiger partial charge in [-0.25, -0.2) is 4.99 Å². The molecule has 0 atom stereocenters. The molecule has 0 heterocycles. The predicted molar refractivity (Wildman–Crippen MR) is 61.4 cm³/mol. The number of guanidine groups is 1. The molecule has 86 valence electrons. The van der Waals surface area contributed by atoms with Crippen LogP contribution in [-0.4, -0.2) is 38.8 Å². The van der Waals surface area contributed by atoms with E-state index < -0.39 is 0 Å². The van der Waals surface area contributed by atoms with E-state index in [4.69, 9.17) is 4.74 Å². The topological polar surface area (TPSA) is 63.0 Å². The minimum atomic E-state index is -0.199. The molecule has 0 aliphatic rings. The van der Waals surface area contributed by atoms with E-state index in [1.807, 2.05) is 0 Å². The van der Waals surface area contributed by atoms with Gasteiger partial charge in [-0.05, 0) is 13.1 Å². The summed E-state index contributed by atoms with van der Waals surface area (Å²) in [7, 11) is 1.61. The van der Waals surface area contributed by atoms with E-state index >= 15 is 0 Å². The fourth-order valence-corrected chi connectivity index (χ4v) is 0.885. The van der Waals surface area contributed by atoms with E-state index in [-0.39, 0.29) is 5.97 Å². The summed E-state index contributed by atoms with van der Waals surface area (Å²) in [6, 6.07) is 0. The Morgan fingerprint density at radius 1 is 1.53 bits per heavy atom. The van der Waals surface area contributed by atoms with Crippen molar-refractivity contribution in [1.29, 1.82) is 0 Å². The summed E-state index contributed by atoms with van der Waals surface area (Å²) < 4.78 is 4.97. The van der Waals surface area contributed by atoms with Gasteiger partial charge in [0.15, 0.2) is 0 Å². The molecule has 0 radical (unpaired) electrons.